The Kier molecular flexibility index (Phi) is 6.42. The molecule has 0 unspecified atom stereocenters. The van der Waals surface area contributed by atoms with E-state index in [1.165, 1.54) is 0 Å². The molecule has 1 aromatic rings. The number of hydrogen-bond donors (Lipinski definition) is 1. The monoisotopic (exact) mass is 224 g/mol. The van der Waals surface area contributed by atoms with E-state index >= 15 is 0 Å². The Balaban J connectivity index is 0.000000385. The van der Waals surface area contributed by atoms with Crippen molar-refractivity contribution in [2.24, 2.45) is 0 Å². The van der Waals surface area contributed by atoms with Gasteiger partial charge in [-0.1, -0.05) is 30.3 Å². The maximum Gasteiger partial charge on any atom is 0.303 e. The summed E-state index contributed by atoms with van der Waals surface area (Å²) in [5.74, 6) is -0.742. The molecule has 0 bridgehead atoms. The number of quaternary nitrogens is 1. The molecule has 3 nitrogen and oxygen atoms in total. The van der Waals surface area contributed by atoms with Crippen molar-refractivity contribution < 1.29 is 14.4 Å². The van der Waals surface area contributed by atoms with E-state index in [0.29, 0.717) is 6.42 Å². The summed E-state index contributed by atoms with van der Waals surface area (Å²) in [6.07, 6.45) is 0.834. The van der Waals surface area contributed by atoms with E-state index in [1.54, 1.807) is 0 Å². The maximum absolute atomic E-state index is 10.2. The van der Waals surface area contributed by atoms with Gasteiger partial charge < -0.3 is 9.59 Å². The van der Waals surface area contributed by atoms with E-state index in [1.807, 2.05) is 30.3 Å². The number of carboxylic acid groups (broad SMARTS) is 1. The minimum Gasteiger partial charge on any atom is -0.481 e. The van der Waals surface area contributed by atoms with Crippen molar-refractivity contribution in [2.45, 2.75) is 12.8 Å². The van der Waals surface area contributed by atoms with Gasteiger partial charge in [0.15, 0.2) is 0 Å². The molecule has 0 aliphatic rings. The molecule has 0 saturated carbocycles. The summed E-state index contributed by atoms with van der Waals surface area (Å²) in [4.78, 5) is 10.2. The number of nitrogens with zero attached hydrogens (tertiary/aromatic N) is 1. The number of carboxylic acids is 1. The Bertz CT molecular complexity index is 295. The second-order valence-corrected chi connectivity index (χ2v) is 5.06. The van der Waals surface area contributed by atoms with Gasteiger partial charge in [-0.25, -0.2) is 0 Å². The van der Waals surface area contributed by atoms with Gasteiger partial charge in [-0.05, 0) is 12.0 Å². The van der Waals surface area contributed by atoms with Crippen LogP contribution in [0.25, 0.3) is 0 Å². The molecule has 16 heavy (non-hydrogen) atoms. The molecule has 0 fully saturated rings. The smallest absolute Gasteiger partial charge is 0.303 e. The van der Waals surface area contributed by atoms with Crippen LogP contribution in [0.3, 0.4) is 0 Å². The van der Waals surface area contributed by atoms with E-state index in [0.717, 1.165) is 10.0 Å². The summed E-state index contributed by atoms with van der Waals surface area (Å²) in [7, 11) is 8.50. The van der Waals surface area contributed by atoms with Crippen molar-refractivity contribution in [3.05, 3.63) is 35.9 Å². The van der Waals surface area contributed by atoms with Crippen molar-refractivity contribution in [3.63, 3.8) is 0 Å². The number of aliphatic carboxylic acids is 1. The lowest BCUT2D eigenvalue weighted by Crippen LogP contribution is -2.27. The molecule has 1 aromatic carbocycles. The molecular formula is C13H22NO2+. The van der Waals surface area contributed by atoms with Crippen molar-refractivity contribution >= 4 is 5.97 Å². The van der Waals surface area contributed by atoms with Gasteiger partial charge in [-0.2, -0.15) is 0 Å². The van der Waals surface area contributed by atoms with Gasteiger partial charge >= 0.3 is 5.97 Å². The normalized spacial score (nSPS) is 10.2. The second kappa shape index (κ2) is 7.01. The van der Waals surface area contributed by atoms with Crippen LogP contribution in [0.15, 0.2) is 30.3 Å². The molecule has 0 aliphatic carbocycles. The predicted molar refractivity (Wildman–Crippen MR) is 66.4 cm³/mol. The third kappa shape index (κ3) is 12.7. The van der Waals surface area contributed by atoms with Gasteiger partial charge in [-0.15, -0.1) is 0 Å². The highest BCUT2D eigenvalue weighted by Crippen LogP contribution is 2.01. The van der Waals surface area contributed by atoms with Crippen LogP contribution in [-0.4, -0.2) is 43.7 Å². The third-order valence-corrected chi connectivity index (χ3v) is 1.47. The lowest BCUT2D eigenvalue weighted by molar-refractivity contribution is -0.849. The van der Waals surface area contributed by atoms with Gasteiger partial charge in [0.25, 0.3) is 0 Å². The van der Waals surface area contributed by atoms with Crippen LogP contribution in [0.1, 0.15) is 12.0 Å². The van der Waals surface area contributed by atoms with Crippen molar-refractivity contribution in [2.75, 3.05) is 28.2 Å². The summed E-state index contributed by atoms with van der Waals surface area (Å²) in [6.45, 7) is 0. The average molecular weight is 224 g/mol. The fourth-order valence-electron chi connectivity index (χ4n) is 0.896. The van der Waals surface area contributed by atoms with Crippen LogP contribution in [0.5, 0.6) is 0 Å². The predicted octanol–water partition coefficient (Wildman–Crippen LogP) is 2.03. The second-order valence-electron chi connectivity index (χ2n) is 5.06. The number of rotatable bonds is 3. The standard InChI is InChI=1S/C9H10O2.C4H12N/c10-9(11)7-6-8-4-2-1-3-5-8;1-5(2,3)4/h1-5H,6-7H2,(H,10,11);1-4H3/q;+1. The molecule has 0 atom stereocenters. The van der Waals surface area contributed by atoms with E-state index in [4.69, 9.17) is 5.11 Å². The maximum atomic E-state index is 10.2. The van der Waals surface area contributed by atoms with E-state index in [-0.39, 0.29) is 6.42 Å². The number of benzene rings is 1. The molecule has 0 radical (unpaired) electrons. The van der Waals surface area contributed by atoms with Crippen molar-refractivity contribution in [1.29, 1.82) is 0 Å². The van der Waals surface area contributed by atoms with Crippen molar-refractivity contribution in [1.82, 2.24) is 0 Å². The first-order chi connectivity index (χ1) is 7.29. The average Bonchev–Trinajstić information content (AvgIpc) is 2.14. The number of hydrogen-bond acceptors (Lipinski definition) is 1. The summed E-state index contributed by atoms with van der Waals surface area (Å²) in [5.41, 5.74) is 1.08. The van der Waals surface area contributed by atoms with E-state index in [9.17, 15) is 4.79 Å². The number of aryl methyl sites for hydroxylation is 1. The minimum absolute atomic E-state index is 0.212. The highest BCUT2D eigenvalue weighted by atomic mass is 16.4. The Hall–Kier alpha value is -1.35. The zero-order valence-corrected chi connectivity index (χ0v) is 10.6. The zero-order valence-electron chi connectivity index (χ0n) is 10.6. The van der Waals surface area contributed by atoms with Crippen LogP contribution >= 0.6 is 0 Å². The summed E-state index contributed by atoms with van der Waals surface area (Å²) >= 11 is 0. The number of carbonyl (C=O) groups is 1. The quantitative estimate of drug-likeness (QED) is 0.798. The highest BCUT2D eigenvalue weighted by molar-refractivity contribution is 5.67. The molecule has 0 aliphatic heterocycles. The molecule has 0 saturated heterocycles. The third-order valence-electron chi connectivity index (χ3n) is 1.47. The Morgan fingerprint density at radius 1 is 1.12 bits per heavy atom. The first-order valence-corrected chi connectivity index (χ1v) is 5.33. The van der Waals surface area contributed by atoms with E-state index in [2.05, 4.69) is 28.2 Å². The fraction of sp³-hybridized carbons (Fsp3) is 0.462. The van der Waals surface area contributed by atoms with Crippen LogP contribution in [0.2, 0.25) is 0 Å². The first-order valence-electron chi connectivity index (χ1n) is 5.33. The van der Waals surface area contributed by atoms with Crippen LogP contribution < -0.4 is 0 Å². The zero-order chi connectivity index (χ0) is 12.6. The first kappa shape index (κ1) is 14.6. The topological polar surface area (TPSA) is 37.3 Å². The molecule has 0 heterocycles. The van der Waals surface area contributed by atoms with Gasteiger partial charge in [0.1, 0.15) is 0 Å². The Labute approximate surface area is 97.9 Å². The fourth-order valence-corrected chi connectivity index (χ4v) is 0.896. The molecule has 0 amide bonds. The van der Waals surface area contributed by atoms with Crippen LogP contribution in [-0.2, 0) is 11.2 Å². The van der Waals surface area contributed by atoms with Crippen LogP contribution in [0.4, 0.5) is 0 Å². The van der Waals surface area contributed by atoms with Gasteiger partial charge in [-0.3, -0.25) is 4.79 Å². The van der Waals surface area contributed by atoms with Gasteiger partial charge in [0.2, 0.25) is 0 Å². The molecular weight excluding hydrogens is 202 g/mol. The molecule has 90 valence electrons. The van der Waals surface area contributed by atoms with E-state index < -0.39 is 5.97 Å². The summed E-state index contributed by atoms with van der Waals surface area (Å²) in [6, 6.07) is 9.62. The van der Waals surface area contributed by atoms with Gasteiger partial charge in [0.05, 0.1) is 28.2 Å². The van der Waals surface area contributed by atoms with Crippen LogP contribution in [0, 0.1) is 0 Å². The molecule has 0 spiro atoms. The minimum atomic E-state index is -0.742. The molecule has 1 N–H and O–H groups in total. The lowest BCUT2D eigenvalue weighted by Gasteiger charge is -2.14. The van der Waals surface area contributed by atoms with Gasteiger partial charge in [0, 0.05) is 6.42 Å². The SMILES string of the molecule is C[N+](C)(C)C.O=C(O)CCc1ccccc1. The summed E-state index contributed by atoms with van der Waals surface area (Å²) in [5, 5.41) is 8.37. The molecule has 0 aromatic heterocycles. The Morgan fingerprint density at radius 3 is 1.94 bits per heavy atom. The molecule has 3 heteroatoms. The lowest BCUT2D eigenvalue weighted by atomic mass is 10.1. The summed E-state index contributed by atoms with van der Waals surface area (Å²) < 4.78 is 1.00. The molecule has 1 rings (SSSR count). The van der Waals surface area contributed by atoms with Crippen molar-refractivity contribution in [3.8, 4) is 0 Å². The Morgan fingerprint density at radius 2 is 1.56 bits per heavy atom. The largest absolute Gasteiger partial charge is 0.481 e. The highest BCUT2D eigenvalue weighted by Gasteiger charge is 1.96.